The first-order valence-electron chi connectivity index (χ1n) is 4.42. The van der Waals surface area contributed by atoms with Crippen LogP contribution in [0.5, 0.6) is 0 Å². The summed E-state index contributed by atoms with van der Waals surface area (Å²) in [7, 11) is 2.94. The van der Waals surface area contributed by atoms with E-state index < -0.39 is 11.8 Å². The number of rotatable bonds is 6. The Bertz CT molecular complexity index is 178. The van der Waals surface area contributed by atoms with Gasteiger partial charge in [0.2, 0.25) is 5.91 Å². The minimum atomic E-state index is -0.608. The third-order valence-corrected chi connectivity index (χ3v) is 1.75. The Hall–Kier alpha value is -0.650. The Labute approximate surface area is 84.4 Å². The van der Waals surface area contributed by atoms with E-state index in [0.717, 1.165) is 0 Å². The second-order valence-electron chi connectivity index (χ2n) is 3.70. The van der Waals surface area contributed by atoms with E-state index in [4.69, 9.17) is 14.6 Å². The van der Waals surface area contributed by atoms with Crippen LogP contribution in [0.25, 0.3) is 0 Å². The lowest BCUT2D eigenvalue weighted by atomic mass is 10.1. The minimum Gasteiger partial charge on any atom is -0.394 e. The zero-order chi connectivity index (χ0) is 11.2. The molecule has 0 fully saturated rings. The second-order valence-corrected chi connectivity index (χ2v) is 3.70. The highest BCUT2D eigenvalue weighted by Crippen LogP contribution is 2.03. The lowest BCUT2D eigenvalue weighted by Crippen LogP contribution is -2.47. The van der Waals surface area contributed by atoms with E-state index in [1.165, 1.54) is 14.2 Å². The molecule has 0 rings (SSSR count). The maximum absolute atomic E-state index is 11.4. The predicted molar refractivity (Wildman–Crippen MR) is 51.7 cm³/mol. The molecule has 0 saturated carbocycles. The van der Waals surface area contributed by atoms with Gasteiger partial charge in [-0.1, -0.05) is 0 Å². The van der Waals surface area contributed by atoms with Gasteiger partial charge in [0.05, 0.1) is 18.6 Å². The maximum Gasteiger partial charge on any atom is 0.225 e. The van der Waals surface area contributed by atoms with Crippen LogP contribution in [0.4, 0.5) is 0 Å². The normalized spacial score (nSPS) is 11.9. The van der Waals surface area contributed by atoms with E-state index in [0.29, 0.717) is 0 Å². The Morgan fingerprint density at radius 2 is 1.93 bits per heavy atom. The number of hydrogen-bond donors (Lipinski definition) is 2. The number of aliphatic hydroxyl groups excluding tert-OH is 1. The van der Waals surface area contributed by atoms with Gasteiger partial charge in [0, 0.05) is 14.2 Å². The smallest absolute Gasteiger partial charge is 0.225 e. The Morgan fingerprint density at radius 3 is 2.29 bits per heavy atom. The number of methoxy groups -OCH3 is 2. The van der Waals surface area contributed by atoms with Crippen LogP contribution in [0, 0.1) is 0 Å². The number of ether oxygens (including phenoxy) is 2. The van der Waals surface area contributed by atoms with Crippen LogP contribution in [-0.2, 0) is 14.3 Å². The molecule has 0 aliphatic carbocycles. The topological polar surface area (TPSA) is 67.8 Å². The van der Waals surface area contributed by atoms with Crippen LogP contribution in [0.1, 0.15) is 20.3 Å². The maximum atomic E-state index is 11.4. The Morgan fingerprint density at radius 1 is 1.43 bits per heavy atom. The lowest BCUT2D eigenvalue weighted by Gasteiger charge is -2.24. The molecule has 0 aromatic carbocycles. The van der Waals surface area contributed by atoms with E-state index in [-0.39, 0.29) is 18.9 Å². The highest BCUT2D eigenvalue weighted by Gasteiger charge is 2.21. The van der Waals surface area contributed by atoms with Crippen LogP contribution in [0.3, 0.4) is 0 Å². The summed E-state index contributed by atoms with van der Waals surface area (Å²) in [5.41, 5.74) is -0.608. The first-order chi connectivity index (χ1) is 6.45. The molecule has 0 spiro atoms. The van der Waals surface area contributed by atoms with Crippen LogP contribution in [0.2, 0.25) is 0 Å². The van der Waals surface area contributed by atoms with Crippen LogP contribution in [0.15, 0.2) is 0 Å². The van der Waals surface area contributed by atoms with Gasteiger partial charge in [-0.2, -0.15) is 0 Å². The molecule has 2 N–H and O–H groups in total. The van der Waals surface area contributed by atoms with Gasteiger partial charge in [-0.3, -0.25) is 4.79 Å². The van der Waals surface area contributed by atoms with Crippen LogP contribution >= 0.6 is 0 Å². The summed E-state index contributed by atoms with van der Waals surface area (Å²) >= 11 is 0. The molecule has 84 valence electrons. The summed E-state index contributed by atoms with van der Waals surface area (Å²) in [6.07, 6.45) is -0.416. The lowest BCUT2D eigenvalue weighted by molar-refractivity contribution is -0.140. The average molecular weight is 205 g/mol. The van der Waals surface area contributed by atoms with Crippen molar-refractivity contribution in [2.45, 2.75) is 32.1 Å². The van der Waals surface area contributed by atoms with Gasteiger partial charge in [0.25, 0.3) is 0 Å². The van der Waals surface area contributed by atoms with Crippen LogP contribution in [-0.4, -0.2) is 43.7 Å². The van der Waals surface area contributed by atoms with Gasteiger partial charge in [-0.05, 0) is 13.8 Å². The van der Waals surface area contributed by atoms with Crippen molar-refractivity contribution in [3.05, 3.63) is 0 Å². The zero-order valence-electron chi connectivity index (χ0n) is 9.16. The molecule has 0 radical (unpaired) electrons. The molecule has 5 nitrogen and oxygen atoms in total. The second kappa shape index (κ2) is 5.95. The first-order valence-corrected chi connectivity index (χ1v) is 4.42. The number of amides is 1. The molecule has 0 atom stereocenters. The average Bonchev–Trinajstić information content (AvgIpc) is 2.13. The molecule has 0 bridgehead atoms. The van der Waals surface area contributed by atoms with Crippen LogP contribution < -0.4 is 5.32 Å². The number of carbonyl (C=O) groups excluding carboxylic acids is 1. The number of aliphatic hydroxyl groups is 1. The molecular formula is C9H19NO4. The molecule has 0 heterocycles. The van der Waals surface area contributed by atoms with Crippen molar-refractivity contribution in [3.8, 4) is 0 Å². The summed E-state index contributed by atoms with van der Waals surface area (Å²) in [6.45, 7) is 3.36. The quantitative estimate of drug-likeness (QED) is 0.593. The van der Waals surface area contributed by atoms with Gasteiger partial charge in [-0.25, -0.2) is 0 Å². The van der Waals surface area contributed by atoms with Gasteiger partial charge >= 0.3 is 0 Å². The predicted octanol–water partition coefficient (Wildman–Crippen LogP) is -0.118. The minimum absolute atomic E-state index is 0.108. The van der Waals surface area contributed by atoms with E-state index in [1.807, 2.05) is 0 Å². The van der Waals surface area contributed by atoms with Crippen molar-refractivity contribution in [1.82, 2.24) is 5.32 Å². The molecule has 0 unspecified atom stereocenters. The highest BCUT2D eigenvalue weighted by atomic mass is 16.7. The molecule has 5 heteroatoms. The standard InChI is InChI=1S/C9H19NO4/c1-9(2,6-11)10-7(12)5-8(13-3)14-4/h8,11H,5-6H2,1-4H3,(H,10,12). The number of nitrogens with one attached hydrogen (secondary N) is 1. The summed E-state index contributed by atoms with van der Waals surface area (Å²) in [5, 5.41) is 11.6. The molecule has 0 aromatic rings. The number of carbonyl (C=O) groups is 1. The van der Waals surface area contributed by atoms with Gasteiger partial charge < -0.3 is 19.9 Å². The molecule has 0 aromatic heterocycles. The molecule has 0 saturated heterocycles. The van der Waals surface area contributed by atoms with Crippen molar-refractivity contribution < 1.29 is 19.4 Å². The summed E-state index contributed by atoms with van der Waals surface area (Å²) in [4.78, 5) is 11.4. The van der Waals surface area contributed by atoms with E-state index in [9.17, 15) is 4.79 Å². The molecular weight excluding hydrogens is 186 g/mol. The van der Waals surface area contributed by atoms with E-state index in [1.54, 1.807) is 13.8 Å². The van der Waals surface area contributed by atoms with E-state index >= 15 is 0 Å². The first kappa shape index (κ1) is 13.4. The van der Waals surface area contributed by atoms with Gasteiger partial charge in [0.1, 0.15) is 0 Å². The van der Waals surface area contributed by atoms with Crippen molar-refractivity contribution >= 4 is 5.91 Å². The Balaban J connectivity index is 3.97. The summed E-state index contributed by atoms with van der Waals surface area (Å²) in [5.74, 6) is -0.210. The fourth-order valence-corrected chi connectivity index (χ4v) is 0.882. The van der Waals surface area contributed by atoms with Crippen molar-refractivity contribution in [1.29, 1.82) is 0 Å². The monoisotopic (exact) mass is 205 g/mol. The third-order valence-electron chi connectivity index (χ3n) is 1.75. The SMILES string of the molecule is COC(CC(=O)NC(C)(C)CO)OC. The van der Waals surface area contributed by atoms with Gasteiger partial charge in [0.15, 0.2) is 6.29 Å². The fourth-order valence-electron chi connectivity index (χ4n) is 0.882. The third kappa shape index (κ3) is 5.16. The fraction of sp³-hybridized carbons (Fsp3) is 0.889. The van der Waals surface area contributed by atoms with Crippen molar-refractivity contribution in [2.24, 2.45) is 0 Å². The summed E-state index contributed by atoms with van der Waals surface area (Å²) < 4.78 is 9.75. The molecule has 0 aliphatic rings. The Kier molecular flexibility index (Phi) is 5.68. The van der Waals surface area contributed by atoms with E-state index in [2.05, 4.69) is 5.32 Å². The number of hydrogen-bond acceptors (Lipinski definition) is 4. The van der Waals surface area contributed by atoms with Gasteiger partial charge in [-0.15, -0.1) is 0 Å². The van der Waals surface area contributed by atoms with Crippen molar-refractivity contribution in [3.63, 3.8) is 0 Å². The largest absolute Gasteiger partial charge is 0.394 e. The summed E-state index contributed by atoms with van der Waals surface area (Å²) in [6, 6.07) is 0. The molecule has 14 heavy (non-hydrogen) atoms. The van der Waals surface area contributed by atoms with Crippen molar-refractivity contribution in [2.75, 3.05) is 20.8 Å². The molecule has 0 aliphatic heterocycles. The zero-order valence-corrected chi connectivity index (χ0v) is 9.16. The highest BCUT2D eigenvalue weighted by molar-refractivity contribution is 5.77. The molecule has 1 amide bonds.